The van der Waals surface area contributed by atoms with Crippen molar-refractivity contribution in [2.24, 2.45) is 7.05 Å². The second-order valence-electron chi connectivity index (χ2n) is 3.63. The van der Waals surface area contributed by atoms with Gasteiger partial charge in [0, 0.05) is 19.2 Å². The van der Waals surface area contributed by atoms with E-state index in [-0.39, 0.29) is 6.42 Å². The van der Waals surface area contributed by atoms with E-state index in [4.69, 9.17) is 5.11 Å². The van der Waals surface area contributed by atoms with Crippen LogP contribution in [0.2, 0.25) is 0 Å². The molecule has 1 saturated carbocycles. The molecule has 0 radical (unpaired) electrons. The van der Waals surface area contributed by atoms with Crippen molar-refractivity contribution in [3.8, 4) is 0 Å². The number of anilines is 1. The van der Waals surface area contributed by atoms with Crippen molar-refractivity contribution in [1.82, 2.24) is 9.78 Å². The number of nitrogens with one attached hydrogen (secondary N) is 1. The van der Waals surface area contributed by atoms with Gasteiger partial charge in [-0.1, -0.05) is 0 Å². The zero-order chi connectivity index (χ0) is 10.1. The van der Waals surface area contributed by atoms with Crippen molar-refractivity contribution in [1.29, 1.82) is 0 Å². The number of carbonyl (C=O) groups is 1. The maximum atomic E-state index is 10.5. The lowest BCUT2D eigenvalue weighted by Crippen LogP contribution is -2.05. The highest BCUT2D eigenvalue weighted by molar-refractivity contribution is 5.70. The van der Waals surface area contributed by atoms with Gasteiger partial charge in [0.25, 0.3) is 0 Å². The molecule has 0 bridgehead atoms. The molecule has 1 heterocycles. The number of rotatable bonds is 4. The van der Waals surface area contributed by atoms with Gasteiger partial charge in [-0.15, -0.1) is 0 Å². The minimum atomic E-state index is -0.828. The smallest absolute Gasteiger partial charge is 0.309 e. The number of hydrogen-bond donors (Lipinski definition) is 2. The highest BCUT2D eigenvalue weighted by Gasteiger charge is 2.22. The number of aliphatic carboxylic acids is 1. The lowest BCUT2D eigenvalue weighted by Gasteiger charge is -1.96. The standard InChI is InChI=1S/C9H13N3O2/c1-12-7(5-9(13)14)4-8(11-12)10-6-2-3-6/h4,6H,2-3,5H2,1H3,(H,10,11)(H,13,14). The first-order valence-corrected chi connectivity index (χ1v) is 4.66. The van der Waals surface area contributed by atoms with Gasteiger partial charge in [-0.3, -0.25) is 9.48 Å². The Kier molecular flexibility index (Phi) is 2.15. The Hall–Kier alpha value is -1.52. The van der Waals surface area contributed by atoms with Gasteiger partial charge in [-0.2, -0.15) is 5.10 Å². The van der Waals surface area contributed by atoms with Gasteiger partial charge >= 0.3 is 5.97 Å². The Bertz CT molecular complexity index is 355. The molecule has 5 nitrogen and oxygen atoms in total. The maximum Gasteiger partial charge on any atom is 0.309 e. The van der Waals surface area contributed by atoms with Gasteiger partial charge in [-0.25, -0.2) is 0 Å². The molecule has 0 amide bonds. The molecular formula is C9H13N3O2. The molecule has 1 aliphatic rings. The van der Waals surface area contributed by atoms with E-state index < -0.39 is 5.97 Å². The third-order valence-corrected chi connectivity index (χ3v) is 2.24. The summed E-state index contributed by atoms with van der Waals surface area (Å²) in [5.74, 6) is -0.0442. The second-order valence-corrected chi connectivity index (χ2v) is 3.63. The SMILES string of the molecule is Cn1nc(NC2CC2)cc1CC(=O)O. The minimum absolute atomic E-state index is 0.0237. The summed E-state index contributed by atoms with van der Waals surface area (Å²) >= 11 is 0. The van der Waals surface area contributed by atoms with E-state index in [0.29, 0.717) is 6.04 Å². The molecule has 0 spiro atoms. The van der Waals surface area contributed by atoms with Crippen LogP contribution in [0.15, 0.2) is 6.07 Å². The quantitative estimate of drug-likeness (QED) is 0.739. The monoisotopic (exact) mass is 195 g/mol. The van der Waals surface area contributed by atoms with Gasteiger partial charge < -0.3 is 10.4 Å². The first-order valence-electron chi connectivity index (χ1n) is 4.66. The lowest BCUT2D eigenvalue weighted by molar-refractivity contribution is -0.136. The van der Waals surface area contributed by atoms with Gasteiger partial charge in [0.1, 0.15) is 5.82 Å². The topological polar surface area (TPSA) is 67.2 Å². The van der Waals surface area contributed by atoms with E-state index in [1.807, 2.05) is 0 Å². The fourth-order valence-electron chi connectivity index (χ4n) is 1.33. The van der Waals surface area contributed by atoms with E-state index >= 15 is 0 Å². The van der Waals surface area contributed by atoms with Crippen LogP contribution in [-0.4, -0.2) is 26.9 Å². The highest BCUT2D eigenvalue weighted by atomic mass is 16.4. The minimum Gasteiger partial charge on any atom is -0.481 e. The van der Waals surface area contributed by atoms with Crippen LogP contribution in [0.4, 0.5) is 5.82 Å². The van der Waals surface area contributed by atoms with Gasteiger partial charge in [0.05, 0.1) is 12.1 Å². The molecule has 1 aromatic rings. The Morgan fingerprint density at radius 3 is 3.07 bits per heavy atom. The molecule has 0 aromatic carbocycles. The average molecular weight is 195 g/mol. The van der Waals surface area contributed by atoms with Crippen LogP contribution in [0.5, 0.6) is 0 Å². The summed E-state index contributed by atoms with van der Waals surface area (Å²) in [6.45, 7) is 0. The van der Waals surface area contributed by atoms with Crippen molar-refractivity contribution in [3.63, 3.8) is 0 Å². The van der Waals surface area contributed by atoms with Crippen LogP contribution >= 0.6 is 0 Å². The molecule has 1 aliphatic carbocycles. The number of nitrogens with zero attached hydrogens (tertiary/aromatic N) is 2. The largest absolute Gasteiger partial charge is 0.481 e. The number of carboxylic acids is 1. The number of carboxylic acid groups (broad SMARTS) is 1. The van der Waals surface area contributed by atoms with Crippen LogP contribution in [0.3, 0.4) is 0 Å². The summed E-state index contributed by atoms with van der Waals surface area (Å²) in [5.41, 5.74) is 0.723. The number of aromatic nitrogens is 2. The van der Waals surface area contributed by atoms with Crippen molar-refractivity contribution in [3.05, 3.63) is 11.8 Å². The Morgan fingerprint density at radius 2 is 2.50 bits per heavy atom. The molecule has 76 valence electrons. The van der Waals surface area contributed by atoms with E-state index in [9.17, 15) is 4.79 Å². The normalized spacial score (nSPS) is 15.5. The molecule has 0 aliphatic heterocycles. The van der Waals surface area contributed by atoms with Crippen molar-refractivity contribution >= 4 is 11.8 Å². The molecule has 0 saturated heterocycles. The predicted molar refractivity (Wildman–Crippen MR) is 51.2 cm³/mol. The predicted octanol–water partition coefficient (Wildman–Crippen LogP) is 0.621. The molecule has 1 fully saturated rings. The molecule has 0 unspecified atom stereocenters. The molecule has 1 aromatic heterocycles. The van der Waals surface area contributed by atoms with Crippen LogP contribution in [-0.2, 0) is 18.3 Å². The van der Waals surface area contributed by atoms with Crippen LogP contribution in [0.1, 0.15) is 18.5 Å². The fourth-order valence-corrected chi connectivity index (χ4v) is 1.33. The third-order valence-electron chi connectivity index (χ3n) is 2.24. The summed E-state index contributed by atoms with van der Waals surface area (Å²) in [4.78, 5) is 10.5. The summed E-state index contributed by atoms with van der Waals surface area (Å²) in [5, 5.41) is 16.0. The van der Waals surface area contributed by atoms with Crippen molar-refractivity contribution in [2.75, 3.05) is 5.32 Å². The fraction of sp³-hybridized carbons (Fsp3) is 0.556. The maximum absolute atomic E-state index is 10.5. The molecule has 2 rings (SSSR count). The molecular weight excluding hydrogens is 182 g/mol. The summed E-state index contributed by atoms with van der Waals surface area (Å²) < 4.78 is 1.61. The first-order chi connectivity index (χ1) is 6.65. The lowest BCUT2D eigenvalue weighted by atomic mass is 10.3. The summed E-state index contributed by atoms with van der Waals surface area (Å²) in [6, 6.07) is 2.34. The van der Waals surface area contributed by atoms with Gasteiger partial charge in [0.15, 0.2) is 0 Å². The van der Waals surface area contributed by atoms with Crippen LogP contribution in [0.25, 0.3) is 0 Å². The summed E-state index contributed by atoms with van der Waals surface area (Å²) in [6.07, 6.45) is 2.39. The average Bonchev–Trinajstić information content (AvgIpc) is 2.79. The zero-order valence-corrected chi connectivity index (χ0v) is 8.03. The number of aryl methyl sites for hydroxylation is 1. The van der Waals surface area contributed by atoms with E-state index in [1.165, 1.54) is 12.8 Å². The van der Waals surface area contributed by atoms with Crippen LogP contribution < -0.4 is 5.32 Å². The van der Waals surface area contributed by atoms with Crippen molar-refractivity contribution < 1.29 is 9.90 Å². The summed E-state index contributed by atoms with van der Waals surface area (Å²) in [7, 11) is 1.76. The van der Waals surface area contributed by atoms with Gasteiger partial charge in [-0.05, 0) is 12.8 Å². The molecule has 2 N–H and O–H groups in total. The van der Waals surface area contributed by atoms with E-state index in [2.05, 4.69) is 10.4 Å². The Labute approximate surface area is 81.7 Å². The highest BCUT2D eigenvalue weighted by Crippen LogP contribution is 2.24. The third kappa shape index (κ3) is 2.04. The molecule has 0 atom stereocenters. The van der Waals surface area contributed by atoms with E-state index in [1.54, 1.807) is 17.8 Å². The Morgan fingerprint density at radius 1 is 1.79 bits per heavy atom. The van der Waals surface area contributed by atoms with Gasteiger partial charge in [0.2, 0.25) is 0 Å². The van der Waals surface area contributed by atoms with Crippen LogP contribution in [0, 0.1) is 0 Å². The first kappa shape index (κ1) is 9.05. The van der Waals surface area contributed by atoms with E-state index in [0.717, 1.165) is 11.5 Å². The molecule has 5 heteroatoms. The molecule has 14 heavy (non-hydrogen) atoms. The zero-order valence-electron chi connectivity index (χ0n) is 8.03. The number of hydrogen-bond acceptors (Lipinski definition) is 3. The Balaban J connectivity index is 2.07. The second kappa shape index (κ2) is 3.32. The van der Waals surface area contributed by atoms with Crippen molar-refractivity contribution in [2.45, 2.75) is 25.3 Å².